The van der Waals surface area contributed by atoms with Crippen molar-refractivity contribution in [2.24, 2.45) is 0 Å². The second kappa shape index (κ2) is 7.65. The lowest BCUT2D eigenvalue weighted by Crippen LogP contribution is -2.37. The van der Waals surface area contributed by atoms with Gasteiger partial charge < -0.3 is 23.7 Å². The highest BCUT2D eigenvalue weighted by atomic mass is 79.9. The van der Waals surface area contributed by atoms with Crippen molar-refractivity contribution in [3.05, 3.63) is 46.4 Å². The fourth-order valence-electron chi connectivity index (χ4n) is 2.41. The average Bonchev–Trinajstić information content (AvgIpc) is 2.65. The quantitative estimate of drug-likeness (QED) is 0.706. The Morgan fingerprint density at radius 1 is 1.16 bits per heavy atom. The van der Waals surface area contributed by atoms with Gasteiger partial charge in [-0.25, -0.2) is 4.79 Å². The summed E-state index contributed by atoms with van der Waals surface area (Å²) in [4.78, 5) is 12.3. The van der Waals surface area contributed by atoms with Crippen LogP contribution in [0.15, 0.2) is 40.9 Å². The highest BCUT2D eigenvalue weighted by Gasteiger charge is 2.29. The van der Waals surface area contributed by atoms with E-state index in [4.69, 9.17) is 23.7 Å². The van der Waals surface area contributed by atoms with E-state index in [2.05, 4.69) is 15.9 Å². The first-order valence-electron chi connectivity index (χ1n) is 7.58. The molecule has 1 atom stereocenters. The minimum absolute atomic E-state index is 0.0349. The second-order valence-corrected chi connectivity index (χ2v) is 6.12. The number of hydrogen-bond donors (Lipinski definition) is 0. The summed E-state index contributed by atoms with van der Waals surface area (Å²) in [7, 11) is 3.11. The first-order chi connectivity index (χ1) is 12.1. The van der Waals surface area contributed by atoms with E-state index in [9.17, 15) is 4.79 Å². The normalized spacial score (nSPS) is 15.4. The first kappa shape index (κ1) is 17.4. The molecule has 0 spiro atoms. The lowest BCUT2D eigenvalue weighted by molar-refractivity contribution is -0.155. The Hall–Kier alpha value is -2.41. The number of carbonyl (C=O) groups excluding carboxylic acids is 1. The van der Waals surface area contributed by atoms with Crippen LogP contribution < -0.4 is 18.9 Å². The number of hydrogen-bond acceptors (Lipinski definition) is 6. The number of fused-ring (bicyclic) bond motifs is 1. The molecule has 0 bridgehead atoms. The van der Waals surface area contributed by atoms with E-state index in [1.165, 1.54) is 0 Å². The molecule has 1 heterocycles. The Morgan fingerprint density at radius 2 is 1.88 bits per heavy atom. The molecule has 6 nitrogen and oxygen atoms in total. The minimum atomic E-state index is -0.807. The van der Waals surface area contributed by atoms with Crippen LogP contribution in [-0.4, -0.2) is 32.9 Å². The van der Waals surface area contributed by atoms with Crippen LogP contribution in [0.1, 0.15) is 5.56 Å². The molecule has 0 N–H and O–H groups in total. The fraction of sp³-hybridized carbons (Fsp3) is 0.278. The summed E-state index contributed by atoms with van der Waals surface area (Å²) in [5.74, 6) is 1.85. The Morgan fingerprint density at radius 3 is 2.60 bits per heavy atom. The maximum absolute atomic E-state index is 12.3. The minimum Gasteiger partial charge on any atom is -0.496 e. The lowest BCUT2D eigenvalue weighted by atomic mass is 10.2. The number of esters is 1. The predicted molar refractivity (Wildman–Crippen MR) is 93.4 cm³/mol. The number of halogens is 1. The number of carbonyl (C=O) groups is 1. The van der Waals surface area contributed by atoms with Crippen molar-refractivity contribution in [1.82, 2.24) is 0 Å². The van der Waals surface area contributed by atoms with Crippen LogP contribution in [0.2, 0.25) is 0 Å². The molecule has 2 aromatic carbocycles. The SMILES string of the molecule is COc1cc(COC(=O)[C@H]2COc3ccccc3O2)c(OC)cc1Br. The third-order valence-corrected chi connectivity index (χ3v) is 4.32. The van der Waals surface area contributed by atoms with E-state index in [1.807, 2.05) is 12.1 Å². The van der Waals surface area contributed by atoms with Crippen molar-refractivity contribution in [3.63, 3.8) is 0 Å². The third kappa shape index (κ3) is 3.82. The van der Waals surface area contributed by atoms with Crippen molar-refractivity contribution >= 4 is 21.9 Å². The van der Waals surface area contributed by atoms with Crippen LogP contribution in [0.4, 0.5) is 0 Å². The molecular formula is C18H17BrO6. The zero-order valence-corrected chi connectivity index (χ0v) is 15.4. The Balaban J connectivity index is 1.67. The molecule has 25 heavy (non-hydrogen) atoms. The molecular weight excluding hydrogens is 392 g/mol. The van der Waals surface area contributed by atoms with Crippen molar-refractivity contribution in [2.45, 2.75) is 12.7 Å². The van der Waals surface area contributed by atoms with Crippen molar-refractivity contribution in [3.8, 4) is 23.0 Å². The molecule has 0 amide bonds. The molecule has 0 saturated heterocycles. The van der Waals surface area contributed by atoms with E-state index in [0.29, 0.717) is 28.6 Å². The van der Waals surface area contributed by atoms with Gasteiger partial charge in [-0.05, 0) is 40.2 Å². The van der Waals surface area contributed by atoms with Gasteiger partial charge in [0.05, 0.1) is 18.7 Å². The summed E-state index contributed by atoms with van der Waals surface area (Å²) in [6.45, 7) is 0.143. The lowest BCUT2D eigenvalue weighted by Gasteiger charge is -2.25. The molecule has 0 aromatic heterocycles. The highest BCUT2D eigenvalue weighted by Crippen LogP contribution is 2.34. The first-order valence-corrected chi connectivity index (χ1v) is 8.37. The zero-order chi connectivity index (χ0) is 17.8. The number of ether oxygens (including phenoxy) is 5. The van der Waals surface area contributed by atoms with Crippen LogP contribution in [0.3, 0.4) is 0 Å². The van der Waals surface area contributed by atoms with Gasteiger partial charge in [-0.15, -0.1) is 0 Å². The van der Waals surface area contributed by atoms with Gasteiger partial charge in [-0.2, -0.15) is 0 Å². The van der Waals surface area contributed by atoms with E-state index >= 15 is 0 Å². The van der Waals surface area contributed by atoms with Crippen molar-refractivity contribution in [2.75, 3.05) is 20.8 Å². The summed E-state index contributed by atoms with van der Waals surface area (Å²) in [5.41, 5.74) is 0.688. The van der Waals surface area contributed by atoms with E-state index < -0.39 is 12.1 Å². The van der Waals surface area contributed by atoms with Crippen molar-refractivity contribution in [1.29, 1.82) is 0 Å². The summed E-state index contributed by atoms with van der Waals surface area (Å²) < 4.78 is 27.9. The number of rotatable bonds is 5. The molecule has 3 rings (SSSR count). The molecule has 2 aromatic rings. The van der Waals surface area contributed by atoms with Gasteiger partial charge in [0, 0.05) is 5.56 Å². The fourth-order valence-corrected chi connectivity index (χ4v) is 2.90. The Kier molecular flexibility index (Phi) is 5.33. The van der Waals surface area contributed by atoms with Crippen LogP contribution >= 0.6 is 15.9 Å². The smallest absolute Gasteiger partial charge is 0.351 e. The van der Waals surface area contributed by atoms with Gasteiger partial charge >= 0.3 is 5.97 Å². The molecule has 0 aliphatic carbocycles. The van der Waals surface area contributed by atoms with Crippen LogP contribution in [0.25, 0.3) is 0 Å². The maximum atomic E-state index is 12.3. The van der Waals surface area contributed by atoms with Gasteiger partial charge in [-0.1, -0.05) is 12.1 Å². The highest BCUT2D eigenvalue weighted by molar-refractivity contribution is 9.10. The van der Waals surface area contributed by atoms with Gasteiger partial charge in [0.2, 0.25) is 6.10 Å². The van der Waals surface area contributed by atoms with Crippen LogP contribution in [-0.2, 0) is 16.1 Å². The Bertz CT molecular complexity index is 776. The number of benzene rings is 2. The maximum Gasteiger partial charge on any atom is 0.351 e. The molecule has 0 unspecified atom stereocenters. The van der Waals surface area contributed by atoms with E-state index in [1.54, 1.807) is 38.5 Å². The predicted octanol–water partition coefficient (Wildman–Crippen LogP) is 3.35. The molecule has 0 saturated carbocycles. The van der Waals surface area contributed by atoms with Crippen molar-refractivity contribution < 1.29 is 28.5 Å². The standard InChI is InChI=1S/C18H17BrO6/c1-21-15-8-12(19)16(22-2)7-11(15)9-24-18(20)17-10-23-13-5-3-4-6-14(13)25-17/h3-8,17H,9-10H2,1-2H3/t17-/m1/s1. The molecule has 1 aliphatic heterocycles. The summed E-state index contributed by atoms with van der Waals surface area (Å²) in [5, 5.41) is 0. The summed E-state index contributed by atoms with van der Waals surface area (Å²) >= 11 is 3.39. The van der Waals surface area contributed by atoms with E-state index in [-0.39, 0.29) is 13.2 Å². The Labute approximate surface area is 153 Å². The molecule has 1 aliphatic rings. The molecule has 7 heteroatoms. The number of para-hydroxylation sites is 2. The van der Waals surface area contributed by atoms with Gasteiger partial charge in [0.15, 0.2) is 11.5 Å². The van der Waals surface area contributed by atoms with Gasteiger partial charge in [0.25, 0.3) is 0 Å². The summed E-state index contributed by atoms with van der Waals surface area (Å²) in [6, 6.07) is 10.7. The topological polar surface area (TPSA) is 63.2 Å². The summed E-state index contributed by atoms with van der Waals surface area (Å²) in [6.07, 6.45) is -0.807. The monoisotopic (exact) mass is 408 g/mol. The van der Waals surface area contributed by atoms with Crippen LogP contribution in [0.5, 0.6) is 23.0 Å². The molecule has 0 radical (unpaired) electrons. The number of methoxy groups -OCH3 is 2. The molecule has 0 fully saturated rings. The van der Waals surface area contributed by atoms with Crippen LogP contribution in [0, 0.1) is 0 Å². The average molecular weight is 409 g/mol. The second-order valence-electron chi connectivity index (χ2n) is 5.27. The zero-order valence-electron chi connectivity index (χ0n) is 13.8. The van der Waals surface area contributed by atoms with Gasteiger partial charge in [-0.3, -0.25) is 0 Å². The molecule has 132 valence electrons. The third-order valence-electron chi connectivity index (χ3n) is 3.70. The largest absolute Gasteiger partial charge is 0.496 e. The van der Waals surface area contributed by atoms with E-state index in [0.717, 1.165) is 4.47 Å². The van der Waals surface area contributed by atoms with Gasteiger partial charge in [0.1, 0.15) is 24.7 Å².